The first-order valence-electron chi connectivity index (χ1n) is 10.0. The average molecular weight is 503 g/mol. The van der Waals surface area contributed by atoms with Crippen molar-refractivity contribution in [2.24, 2.45) is 10.9 Å². The Morgan fingerprint density at radius 1 is 1.11 bits per heavy atom. The molecule has 1 rings (SSSR count). The van der Waals surface area contributed by atoms with Crippen LogP contribution in [0.1, 0.15) is 49.5 Å². The SMILES string of the molecule is CCNC(=NCc1cccc(C(=O)NCCN(C)C)c1)NCC(CC)CC.I. The molecule has 3 N–H and O–H groups in total. The molecular weight excluding hydrogens is 465 g/mol. The van der Waals surface area contributed by atoms with Crippen molar-refractivity contribution in [3.8, 4) is 0 Å². The van der Waals surface area contributed by atoms with Crippen LogP contribution >= 0.6 is 24.0 Å². The molecule has 6 nitrogen and oxygen atoms in total. The molecule has 0 aliphatic rings. The van der Waals surface area contributed by atoms with Crippen LogP contribution in [0.15, 0.2) is 29.3 Å². The van der Waals surface area contributed by atoms with Gasteiger partial charge in [0.25, 0.3) is 5.91 Å². The first kappa shape index (κ1) is 26.6. The van der Waals surface area contributed by atoms with Gasteiger partial charge in [-0.1, -0.05) is 38.8 Å². The molecule has 1 aromatic rings. The van der Waals surface area contributed by atoms with E-state index in [1.54, 1.807) is 0 Å². The number of benzene rings is 1. The highest BCUT2D eigenvalue weighted by Gasteiger charge is 2.07. The number of hydrogen-bond acceptors (Lipinski definition) is 3. The molecule has 0 aliphatic carbocycles. The van der Waals surface area contributed by atoms with Crippen LogP contribution in [0.25, 0.3) is 0 Å². The fourth-order valence-electron chi connectivity index (χ4n) is 2.64. The molecule has 1 amide bonds. The zero-order valence-electron chi connectivity index (χ0n) is 18.0. The van der Waals surface area contributed by atoms with E-state index in [1.165, 1.54) is 0 Å². The fraction of sp³-hybridized carbons (Fsp3) is 0.619. The molecule has 0 bridgehead atoms. The minimum Gasteiger partial charge on any atom is -0.357 e. The Bertz CT molecular complexity index is 588. The Hall–Kier alpha value is -1.35. The standard InChI is InChI=1S/C21H37N5O.HI/c1-6-17(7-2)15-24-21(22-8-3)25-16-18-10-9-11-19(14-18)20(27)23-12-13-26(4)5;/h9-11,14,17H,6-8,12-13,15-16H2,1-5H3,(H,23,27)(H2,22,24,25);1H. The molecule has 0 spiro atoms. The summed E-state index contributed by atoms with van der Waals surface area (Å²) in [7, 11) is 3.98. The largest absolute Gasteiger partial charge is 0.357 e. The van der Waals surface area contributed by atoms with Crippen LogP contribution in [0, 0.1) is 5.92 Å². The molecule has 0 unspecified atom stereocenters. The van der Waals surface area contributed by atoms with E-state index in [9.17, 15) is 4.79 Å². The minimum atomic E-state index is -0.0403. The second kappa shape index (κ2) is 15.6. The first-order chi connectivity index (χ1) is 13.0. The van der Waals surface area contributed by atoms with Gasteiger partial charge >= 0.3 is 0 Å². The molecule has 0 aromatic heterocycles. The number of rotatable bonds is 11. The van der Waals surface area contributed by atoms with E-state index in [-0.39, 0.29) is 29.9 Å². The van der Waals surface area contributed by atoms with Crippen LogP contribution in [0.4, 0.5) is 0 Å². The lowest BCUT2D eigenvalue weighted by Crippen LogP contribution is -2.39. The number of carbonyl (C=O) groups excluding carboxylic acids is 1. The lowest BCUT2D eigenvalue weighted by atomic mass is 10.0. The Morgan fingerprint density at radius 3 is 2.43 bits per heavy atom. The molecule has 28 heavy (non-hydrogen) atoms. The normalized spacial score (nSPS) is 11.3. The number of hydrogen-bond donors (Lipinski definition) is 3. The Kier molecular flexibility index (Phi) is 14.8. The summed E-state index contributed by atoms with van der Waals surface area (Å²) in [6.45, 7) is 10.2. The summed E-state index contributed by atoms with van der Waals surface area (Å²) < 4.78 is 0. The molecule has 0 saturated carbocycles. The van der Waals surface area contributed by atoms with Gasteiger partial charge in [-0.3, -0.25) is 4.79 Å². The Labute approximate surface area is 188 Å². The van der Waals surface area contributed by atoms with E-state index >= 15 is 0 Å². The second-order valence-electron chi connectivity index (χ2n) is 7.02. The van der Waals surface area contributed by atoms with Gasteiger partial charge in [0.05, 0.1) is 6.54 Å². The van der Waals surface area contributed by atoms with Crippen molar-refractivity contribution in [3.05, 3.63) is 35.4 Å². The number of aliphatic imine (C=N–C) groups is 1. The Morgan fingerprint density at radius 2 is 1.82 bits per heavy atom. The van der Waals surface area contributed by atoms with Gasteiger partial charge in [0.1, 0.15) is 0 Å². The van der Waals surface area contributed by atoms with Crippen molar-refractivity contribution >= 4 is 35.8 Å². The van der Waals surface area contributed by atoms with Crippen molar-refractivity contribution in [2.45, 2.75) is 40.2 Å². The third-order valence-electron chi connectivity index (χ3n) is 4.51. The van der Waals surface area contributed by atoms with Crippen molar-refractivity contribution in [1.82, 2.24) is 20.9 Å². The molecule has 7 heteroatoms. The van der Waals surface area contributed by atoms with Gasteiger partial charge in [-0.2, -0.15) is 0 Å². The third-order valence-corrected chi connectivity index (χ3v) is 4.51. The van der Waals surface area contributed by atoms with E-state index in [4.69, 9.17) is 0 Å². The smallest absolute Gasteiger partial charge is 0.251 e. The molecule has 0 saturated heterocycles. The number of amides is 1. The zero-order chi connectivity index (χ0) is 20.1. The number of nitrogens with zero attached hydrogens (tertiary/aromatic N) is 2. The van der Waals surface area contributed by atoms with Gasteiger partial charge in [-0.05, 0) is 44.6 Å². The molecule has 0 heterocycles. The third kappa shape index (κ3) is 10.8. The number of halogens is 1. The molecule has 160 valence electrons. The van der Waals surface area contributed by atoms with E-state index in [0.717, 1.165) is 44.0 Å². The summed E-state index contributed by atoms with van der Waals surface area (Å²) in [5.41, 5.74) is 1.70. The maximum atomic E-state index is 12.3. The minimum absolute atomic E-state index is 0. The Balaban J connectivity index is 0.00000729. The first-order valence-corrected chi connectivity index (χ1v) is 10.0. The summed E-state index contributed by atoms with van der Waals surface area (Å²) >= 11 is 0. The number of carbonyl (C=O) groups is 1. The van der Waals surface area contributed by atoms with Crippen molar-refractivity contribution in [2.75, 3.05) is 40.3 Å². The zero-order valence-corrected chi connectivity index (χ0v) is 20.4. The fourth-order valence-corrected chi connectivity index (χ4v) is 2.64. The lowest BCUT2D eigenvalue weighted by Gasteiger charge is -2.16. The highest BCUT2D eigenvalue weighted by atomic mass is 127. The highest BCUT2D eigenvalue weighted by Crippen LogP contribution is 2.07. The second-order valence-corrected chi connectivity index (χ2v) is 7.02. The lowest BCUT2D eigenvalue weighted by molar-refractivity contribution is 0.0951. The summed E-state index contributed by atoms with van der Waals surface area (Å²) in [4.78, 5) is 19.0. The van der Waals surface area contributed by atoms with Gasteiger partial charge in [0.2, 0.25) is 0 Å². The number of likely N-dealkylation sites (N-methyl/N-ethyl adjacent to an activating group) is 1. The quantitative estimate of drug-likeness (QED) is 0.247. The van der Waals surface area contributed by atoms with Crippen LogP contribution in [0.5, 0.6) is 0 Å². The molecule has 1 aromatic carbocycles. The predicted molar refractivity (Wildman–Crippen MR) is 130 cm³/mol. The maximum Gasteiger partial charge on any atom is 0.251 e. The van der Waals surface area contributed by atoms with E-state index in [1.807, 2.05) is 43.3 Å². The van der Waals surface area contributed by atoms with Crippen molar-refractivity contribution in [3.63, 3.8) is 0 Å². The highest BCUT2D eigenvalue weighted by molar-refractivity contribution is 14.0. The van der Waals surface area contributed by atoms with E-state index in [0.29, 0.717) is 24.6 Å². The summed E-state index contributed by atoms with van der Waals surface area (Å²) in [5, 5.41) is 9.66. The summed E-state index contributed by atoms with van der Waals surface area (Å²) in [5.74, 6) is 1.44. The monoisotopic (exact) mass is 503 g/mol. The predicted octanol–water partition coefficient (Wildman–Crippen LogP) is 3.09. The van der Waals surface area contributed by atoms with E-state index < -0.39 is 0 Å². The van der Waals surface area contributed by atoms with Gasteiger partial charge in [-0.25, -0.2) is 4.99 Å². The van der Waals surface area contributed by atoms with Crippen molar-refractivity contribution < 1.29 is 4.79 Å². The number of nitrogens with one attached hydrogen (secondary N) is 3. The summed E-state index contributed by atoms with van der Waals surface area (Å²) in [6, 6.07) is 7.68. The van der Waals surface area contributed by atoms with Crippen LogP contribution in [-0.4, -0.2) is 57.0 Å². The van der Waals surface area contributed by atoms with Crippen molar-refractivity contribution in [1.29, 1.82) is 0 Å². The molecular formula is C21H38IN5O. The van der Waals surface area contributed by atoms with Gasteiger partial charge in [0, 0.05) is 31.7 Å². The topological polar surface area (TPSA) is 68.8 Å². The van der Waals surface area contributed by atoms with Crippen LogP contribution in [0.2, 0.25) is 0 Å². The van der Waals surface area contributed by atoms with E-state index in [2.05, 4.69) is 41.7 Å². The molecule has 0 aliphatic heterocycles. The van der Waals surface area contributed by atoms with Gasteiger partial charge < -0.3 is 20.9 Å². The van der Waals surface area contributed by atoms with Gasteiger partial charge in [-0.15, -0.1) is 24.0 Å². The summed E-state index contributed by atoms with van der Waals surface area (Å²) in [6.07, 6.45) is 2.32. The number of guanidine groups is 1. The average Bonchev–Trinajstić information content (AvgIpc) is 2.66. The molecule has 0 radical (unpaired) electrons. The van der Waals surface area contributed by atoms with Gasteiger partial charge in [0.15, 0.2) is 5.96 Å². The maximum absolute atomic E-state index is 12.3. The van der Waals surface area contributed by atoms with Crippen LogP contribution in [0.3, 0.4) is 0 Å². The van der Waals surface area contributed by atoms with Crippen LogP contribution < -0.4 is 16.0 Å². The molecule has 0 fully saturated rings. The molecule has 0 atom stereocenters. The van der Waals surface area contributed by atoms with Crippen LogP contribution in [-0.2, 0) is 6.54 Å².